The summed E-state index contributed by atoms with van der Waals surface area (Å²) < 4.78 is 24.5. The van der Waals surface area contributed by atoms with E-state index in [1.807, 2.05) is 24.3 Å². The van der Waals surface area contributed by atoms with E-state index in [4.69, 9.17) is 9.47 Å². The van der Waals surface area contributed by atoms with Crippen LogP contribution in [0.25, 0.3) is 0 Å². The van der Waals surface area contributed by atoms with Crippen LogP contribution in [0.4, 0.5) is 4.39 Å². The summed E-state index contributed by atoms with van der Waals surface area (Å²) in [4.78, 5) is 14.4. The number of carbonyl (C=O) groups excluding carboxylic acids is 1. The number of halogens is 2. The molecule has 0 saturated heterocycles. The average molecular weight is 422 g/mol. The van der Waals surface area contributed by atoms with Gasteiger partial charge in [0.1, 0.15) is 17.3 Å². The SMILES string of the molecule is C=CCN(Cc1ccc(OC)cc1)C(=O)C(C)Oc1ccc(F)cc1Br. The van der Waals surface area contributed by atoms with Crippen molar-refractivity contribution in [3.05, 3.63) is 71.0 Å². The normalized spacial score (nSPS) is 11.5. The molecular weight excluding hydrogens is 401 g/mol. The third kappa shape index (κ3) is 5.33. The van der Waals surface area contributed by atoms with E-state index in [1.54, 1.807) is 25.0 Å². The summed E-state index contributed by atoms with van der Waals surface area (Å²) in [5.74, 6) is 0.608. The molecule has 2 aromatic rings. The van der Waals surface area contributed by atoms with Crippen LogP contribution < -0.4 is 9.47 Å². The monoisotopic (exact) mass is 421 g/mol. The van der Waals surface area contributed by atoms with Crippen molar-refractivity contribution in [2.75, 3.05) is 13.7 Å². The van der Waals surface area contributed by atoms with Crippen molar-refractivity contribution in [1.82, 2.24) is 4.90 Å². The van der Waals surface area contributed by atoms with Gasteiger partial charge in [0.25, 0.3) is 5.91 Å². The Balaban J connectivity index is 2.09. The molecule has 2 rings (SSSR count). The minimum absolute atomic E-state index is 0.183. The summed E-state index contributed by atoms with van der Waals surface area (Å²) >= 11 is 3.24. The molecule has 1 unspecified atom stereocenters. The van der Waals surface area contributed by atoms with Crippen molar-refractivity contribution in [2.45, 2.75) is 19.6 Å². The van der Waals surface area contributed by atoms with Gasteiger partial charge in [-0.3, -0.25) is 4.79 Å². The van der Waals surface area contributed by atoms with Crippen LogP contribution in [0, 0.1) is 5.82 Å². The maximum atomic E-state index is 13.2. The van der Waals surface area contributed by atoms with Crippen molar-refractivity contribution in [2.24, 2.45) is 0 Å². The number of methoxy groups -OCH3 is 1. The highest BCUT2D eigenvalue weighted by Gasteiger charge is 2.22. The zero-order valence-electron chi connectivity index (χ0n) is 14.7. The van der Waals surface area contributed by atoms with Crippen molar-refractivity contribution >= 4 is 21.8 Å². The van der Waals surface area contributed by atoms with E-state index in [2.05, 4.69) is 22.5 Å². The van der Waals surface area contributed by atoms with E-state index in [9.17, 15) is 9.18 Å². The first-order chi connectivity index (χ1) is 12.4. The Kier molecular flexibility index (Phi) is 7.21. The molecule has 26 heavy (non-hydrogen) atoms. The molecule has 0 bridgehead atoms. The summed E-state index contributed by atoms with van der Waals surface area (Å²) in [5.41, 5.74) is 0.969. The third-order valence-electron chi connectivity index (χ3n) is 3.74. The largest absolute Gasteiger partial charge is 0.497 e. The van der Waals surface area contributed by atoms with Crippen LogP contribution in [0.1, 0.15) is 12.5 Å². The summed E-state index contributed by atoms with van der Waals surface area (Å²) in [6, 6.07) is 11.6. The first-order valence-electron chi connectivity index (χ1n) is 8.09. The number of rotatable bonds is 8. The molecule has 0 heterocycles. The molecule has 0 saturated carbocycles. The molecule has 138 valence electrons. The van der Waals surface area contributed by atoms with Gasteiger partial charge in [0.2, 0.25) is 0 Å². The smallest absolute Gasteiger partial charge is 0.263 e. The Bertz CT molecular complexity index is 764. The van der Waals surface area contributed by atoms with Crippen LogP contribution in [0.5, 0.6) is 11.5 Å². The number of hydrogen-bond donors (Lipinski definition) is 0. The van der Waals surface area contributed by atoms with Gasteiger partial charge in [-0.2, -0.15) is 0 Å². The lowest BCUT2D eigenvalue weighted by Gasteiger charge is -2.25. The van der Waals surface area contributed by atoms with Crippen LogP contribution in [0.3, 0.4) is 0 Å². The molecule has 4 nitrogen and oxygen atoms in total. The molecule has 1 atom stereocenters. The second-order valence-corrected chi connectivity index (χ2v) is 6.54. The summed E-state index contributed by atoms with van der Waals surface area (Å²) in [6.07, 6.45) is 0.942. The maximum absolute atomic E-state index is 13.2. The van der Waals surface area contributed by atoms with Gasteiger partial charge in [-0.05, 0) is 58.7 Å². The molecule has 0 aliphatic heterocycles. The molecule has 0 aliphatic carbocycles. The Morgan fingerprint density at radius 2 is 2.00 bits per heavy atom. The minimum Gasteiger partial charge on any atom is -0.497 e. The second kappa shape index (κ2) is 9.38. The van der Waals surface area contributed by atoms with Gasteiger partial charge in [0.05, 0.1) is 11.6 Å². The topological polar surface area (TPSA) is 38.8 Å². The van der Waals surface area contributed by atoms with Crippen LogP contribution in [0.2, 0.25) is 0 Å². The first-order valence-corrected chi connectivity index (χ1v) is 8.88. The molecule has 0 fully saturated rings. The fourth-order valence-electron chi connectivity index (χ4n) is 2.41. The summed E-state index contributed by atoms with van der Waals surface area (Å²) in [7, 11) is 1.61. The van der Waals surface area contributed by atoms with E-state index >= 15 is 0 Å². The lowest BCUT2D eigenvalue weighted by molar-refractivity contribution is -0.138. The van der Waals surface area contributed by atoms with E-state index in [1.165, 1.54) is 18.2 Å². The van der Waals surface area contributed by atoms with Crippen LogP contribution in [-0.2, 0) is 11.3 Å². The van der Waals surface area contributed by atoms with Gasteiger partial charge in [-0.1, -0.05) is 18.2 Å². The van der Waals surface area contributed by atoms with E-state index < -0.39 is 6.10 Å². The van der Waals surface area contributed by atoms with Gasteiger partial charge < -0.3 is 14.4 Å². The Hall–Kier alpha value is -2.34. The van der Waals surface area contributed by atoms with Gasteiger partial charge in [0, 0.05) is 13.1 Å². The molecule has 0 radical (unpaired) electrons. The number of ether oxygens (including phenoxy) is 2. The lowest BCUT2D eigenvalue weighted by Crippen LogP contribution is -2.40. The van der Waals surface area contributed by atoms with Crippen molar-refractivity contribution in [1.29, 1.82) is 0 Å². The predicted octanol–water partition coefficient (Wildman–Crippen LogP) is 4.58. The summed E-state index contributed by atoms with van der Waals surface area (Å²) in [5, 5.41) is 0. The predicted molar refractivity (Wildman–Crippen MR) is 103 cm³/mol. The maximum Gasteiger partial charge on any atom is 0.263 e. The molecule has 2 aromatic carbocycles. The number of benzene rings is 2. The molecule has 0 spiro atoms. The standard InChI is InChI=1S/C20H21BrFNO3/c1-4-11-23(13-15-5-8-17(25-3)9-6-15)20(24)14(2)26-19-10-7-16(22)12-18(19)21/h4-10,12,14H,1,11,13H2,2-3H3. The number of hydrogen-bond acceptors (Lipinski definition) is 3. The van der Waals surface area contributed by atoms with Gasteiger partial charge >= 0.3 is 0 Å². The van der Waals surface area contributed by atoms with E-state index in [0.29, 0.717) is 23.3 Å². The zero-order chi connectivity index (χ0) is 19.1. The van der Waals surface area contributed by atoms with Crippen LogP contribution >= 0.6 is 15.9 Å². The first kappa shape index (κ1) is 20.0. The minimum atomic E-state index is -0.727. The lowest BCUT2D eigenvalue weighted by atomic mass is 10.2. The number of nitrogens with zero attached hydrogens (tertiary/aromatic N) is 1. The van der Waals surface area contributed by atoms with Crippen molar-refractivity contribution in [3.63, 3.8) is 0 Å². The van der Waals surface area contributed by atoms with Gasteiger partial charge in [0.15, 0.2) is 6.10 Å². The summed E-state index contributed by atoms with van der Waals surface area (Å²) in [6.45, 7) is 6.20. The molecule has 0 aliphatic rings. The molecule has 0 N–H and O–H groups in total. The van der Waals surface area contributed by atoms with Crippen molar-refractivity contribution < 1.29 is 18.7 Å². The second-order valence-electron chi connectivity index (χ2n) is 5.69. The van der Waals surface area contributed by atoms with E-state index in [0.717, 1.165) is 11.3 Å². The highest BCUT2D eigenvalue weighted by molar-refractivity contribution is 9.10. The highest BCUT2D eigenvalue weighted by atomic mass is 79.9. The Morgan fingerprint density at radius 3 is 2.58 bits per heavy atom. The quantitative estimate of drug-likeness (QED) is 0.585. The van der Waals surface area contributed by atoms with Crippen molar-refractivity contribution in [3.8, 4) is 11.5 Å². The molecule has 6 heteroatoms. The number of amides is 1. The fraction of sp³-hybridized carbons (Fsp3) is 0.250. The Morgan fingerprint density at radius 1 is 1.31 bits per heavy atom. The van der Waals surface area contributed by atoms with Crippen LogP contribution in [0.15, 0.2) is 59.6 Å². The van der Waals surface area contributed by atoms with Gasteiger partial charge in [-0.15, -0.1) is 6.58 Å². The highest BCUT2D eigenvalue weighted by Crippen LogP contribution is 2.26. The number of carbonyl (C=O) groups is 1. The van der Waals surface area contributed by atoms with Crippen LogP contribution in [-0.4, -0.2) is 30.6 Å². The zero-order valence-corrected chi connectivity index (χ0v) is 16.3. The molecule has 1 amide bonds. The third-order valence-corrected chi connectivity index (χ3v) is 4.36. The van der Waals surface area contributed by atoms with Gasteiger partial charge in [-0.25, -0.2) is 4.39 Å². The fourth-order valence-corrected chi connectivity index (χ4v) is 2.85. The Labute approximate surface area is 161 Å². The molecule has 0 aromatic heterocycles. The van der Waals surface area contributed by atoms with E-state index in [-0.39, 0.29) is 11.7 Å². The molecular formula is C20H21BrFNO3. The average Bonchev–Trinajstić information content (AvgIpc) is 2.63.